The van der Waals surface area contributed by atoms with Gasteiger partial charge in [0.05, 0.1) is 16.3 Å². The van der Waals surface area contributed by atoms with E-state index < -0.39 is 10.8 Å². The highest BCUT2D eigenvalue weighted by Crippen LogP contribution is 2.24. The molecule has 0 aliphatic rings. The molecule has 20 heavy (non-hydrogen) atoms. The number of carbonyl (C=O) groups is 1. The van der Waals surface area contributed by atoms with E-state index in [0.29, 0.717) is 11.4 Å². The lowest BCUT2D eigenvalue weighted by atomic mass is 10.1. The average Bonchev–Trinajstić information content (AvgIpc) is 2.40. The van der Waals surface area contributed by atoms with Crippen LogP contribution in [-0.2, 0) is 0 Å². The molecule has 0 aliphatic carbocycles. The SMILES string of the molecule is Cc1ncccc1NC(=O)c1cc(Cl)ccc1[N+](=O)[O-]. The zero-order valence-corrected chi connectivity index (χ0v) is 11.2. The fourth-order valence-corrected chi connectivity index (χ4v) is 1.83. The molecule has 6 nitrogen and oxygen atoms in total. The van der Waals surface area contributed by atoms with Gasteiger partial charge in [-0.2, -0.15) is 0 Å². The molecule has 1 aromatic carbocycles. The summed E-state index contributed by atoms with van der Waals surface area (Å²) < 4.78 is 0. The van der Waals surface area contributed by atoms with Gasteiger partial charge in [0.15, 0.2) is 0 Å². The number of benzene rings is 1. The van der Waals surface area contributed by atoms with Gasteiger partial charge in [0.2, 0.25) is 0 Å². The number of nitrogens with one attached hydrogen (secondary N) is 1. The van der Waals surface area contributed by atoms with Gasteiger partial charge in [-0.05, 0) is 31.2 Å². The molecule has 2 rings (SSSR count). The highest BCUT2D eigenvalue weighted by molar-refractivity contribution is 6.31. The third kappa shape index (κ3) is 2.92. The van der Waals surface area contributed by atoms with Crippen molar-refractivity contribution in [3.05, 3.63) is 62.9 Å². The third-order valence-electron chi connectivity index (χ3n) is 2.66. The van der Waals surface area contributed by atoms with Gasteiger partial charge in [0, 0.05) is 17.3 Å². The zero-order valence-electron chi connectivity index (χ0n) is 10.5. The summed E-state index contributed by atoms with van der Waals surface area (Å²) in [6.45, 7) is 1.72. The predicted molar refractivity (Wildman–Crippen MR) is 75.0 cm³/mol. The van der Waals surface area contributed by atoms with E-state index in [-0.39, 0.29) is 16.3 Å². The number of halogens is 1. The number of hydrogen-bond acceptors (Lipinski definition) is 4. The summed E-state index contributed by atoms with van der Waals surface area (Å²) in [7, 11) is 0. The number of nitro benzene ring substituents is 1. The van der Waals surface area contributed by atoms with E-state index >= 15 is 0 Å². The Morgan fingerprint density at radius 3 is 2.80 bits per heavy atom. The van der Waals surface area contributed by atoms with Crippen LogP contribution in [0.3, 0.4) is 0 Å². The van der Waals surface area contributed by atoms with E-state index in [1.807, 2.05) is 0 Å². The molecule has 102 valence electrons. The quantitative estimate of drug-likeness (QED) is 0.695. The van der Waals surface area contributed by atoms with Crippen molar-refractivity contribution in [3.63, 3.8) is 0 Å². The van der Waals surface area contributed by atoms with Gasteiger partial charge in [-0.3, -0.25) is 19.9 Å². The largest absolute Gasteiger partial charge is 0.320 e. The van der Waals surface area contributed by atoms with E-state index in [1.165, 1.54) is 18.2 Å². The Bertz CT molecular complexity index is 688. The van der Waals surface area contributed by atoms with Crippen LogP contribution >= 0.6 is 11.6 Å². The van der Waals surface area contributed by atoms with Crippen LogP contribution in [-0.4, -0.2) is 15.8 Å². The first-order valence-electron chi connectivity index (χ1n) is 5.66. The first kappa shape index (κ1) is 14.0. The summed E-state index contributed by atoms with van der Waals surface area (Å²) in [6, 6.07) is 7.16. The van der Waals surface area contributed by atoms with E-state index in [1.54, 1.807) is 25.3 Å². The number of aromatic nitrogens is 1. The topological polar surface area (TPSA) is 85.1 Å². The van der Waals surface area contributed by atoms with Crippen molar-refractivity contribution in [2.24, 2.45) is 0 Å². The molecule has 0 saturated carbocycles. The minimum Gasteiger partial charge on any atom is -0.320 e. The van der Waals surface area contributed by atoms with Crippen molar-refractivity contribution in [3.8, 4) is 0 Å². The molecule has 1 aromatic heterocycles. The Hall–Kier alpha value is -2.47. The molecular weight excluding hydrogens is 282 g/mol. The lowest BCUT2D eigenvalue weighted by Gasteiger charge is -2.08. The van der Waals surface area contributed by atoms with Gasteiger partial charge in [-0.15, -0.1) is 0 Å². The van der Waals surface area contributed by atoms with Gasteiger partial charge in [-0.25, -0.2) is 0 Å². The molecule has 1 heterocycles. The van der Waals surface area contributed by atoms with Crippen molar-refractivity contribution in [2.75, 3.05) is 5.32 Å². The first-order chi connectivity index (χ1) is 9.49. The maximum absolute atomic E-state index is 12.1. The Balaban J connectivity index is 2.37. The number of nitro groups is 1. The van der Waals surface area contributed by atoms with Crippen molar-refractivity contribution in [1.29, 1.82) is 0 Å². The maximum Gasteiger partial charge on any atom is 0.282 e. The van der Waals surface area contributed by atoms with Crippen LogP contribution in [0.15, 0.2) is 36.5 Å². The summed E-state index contributed by atoms with van der Waals surface area (Å²) in [4.78, 5) is 26.5. The zero-order chi connectivity index (χ0) is 14.7. The molecule has 0 bridgehead atoms. The molecule has 0 spiro atoms. The van der Waals surface area contributed by atoms with Gasteiger partial charge < -0.3 is 5.32 Å². The van der Waals surface area contributed by atoms with Crippen LogP contribution in [0.4, 0.5) is 11.4 Å². The monoisotopic (exact) mass is 291 g/mol. The average molecular weight is 292 g/mol. The number of anilines is 1. The number of rotatable bonds is 3. The van der Waals surface area contributed by atoms with Crippen LogP contribution in [0.5, 0.6) is 0 Å². The molecule has 0 fully saturated rings. The number of pyridine rings is 1. The maximum atomic E-state index is 12.1. The van der Waals surface area contributed by atoms with Crippen molar-refractivity contribution < 1.29 is 9.72 Å². The summed E-state index contributed by atoms with van der Waals surface area (Å²) in [5.74, 6) is -0.602. The van der Waals surface area contributed by atoms with E-state index in [9.17, 15) is 14.9 Å². The van der Waals surface area contributed by atoms with Gasteiger partial charge in [-0.1, -0.05) is 11.6 Å². The Morgan fingerprint density at radius 2 is 2.15 bits per heavy atom. The van der Waals surface area contributed by atoms with Gasteiger partial charge >= 0.3 is 0 Å². The molecule has 0 unspecified atom stereocenters. The first-order valence-corrected chi connectivity index (χ1v) is 6.04. The summed E-state index contributed by atoms with van der Waals surface area (Å²) >= 11 is 5.78. The van der Waals surface area contributed by atoms with Gasteiger partial charge in [0.25, 0.3) is 11.6 Å². The lowest BCUT2D eigenvalue weighted by molar-refractivity contribution is -0.385. The number of amides is 1. The standard InChI is InChI=1S/C13H10ClN3O3/c1-8-11(3-2-6-15-8)16-13(18)10-7-9(14)4-5-12(10)17(19)20/h2-7H,1H3,(H,16,18). The van der Waals surface area contributed by atoms with Gasteiger partial charge in [0.1, 0.15) is 5.56 Å². The van der Waals surface area contributed by atoms with E-state index in [2.05, 4.69) is 10.3 Å². The highest BCUT2D eigenvalue weighted by Gasteiger charge is 2.21. The molecule has 2 aromatic rings. The van der Waals surface area contributed by atoms with Crippen molar-refractivity contribution in [1.82, 2.24) is 4.98 Å². The fraction of sp³-hybridized carbons (Fsp3) is 0.0769. The van der Waals surface area contributed by atoms with Crippen LogP contribution in [0.25, 0.3) is 0 Å². The van der Waals surface area contributed by atoms with E-state index in [4.69, 9.17) is 11.6 Å². The molecule has 0 atom stereocenters. The minimum absolute atomic E-state index is 0.0919. The Morgan fingerprint density at radius 1 is 1.40 bits per heavy atom. The number of nitrogens with zero attached hydrogens (tertiary/aromatic N) is 2. The number of carbonyl (C=O) groups excluding carboxylic acids is 1. The van der Waals surface area contributed by atoms with Crippen LogP contribution in [0.1, 0.15) is 16.1 Å². The summed E-state index contributed by atoms with van der Waals surface area (Å²) in [5, 5.41) is 13.8. The minimum atomic E-state index is -0.624. The second-order valence-corrected chi connectivity index (χ2v) is 4.45. The lowest BCUT2D eigenvalue weighted by Crippen LogP contribution is -2.15. The summed E-state index contributed by atoms with van der Waals surface area (Å²) in [6.07, 6.45) is 1.59. The molecule has 1 amide bonds. The van der Waals surface area contributed by atoms with Crippen molar-refractivity contribution >= 4 is 28.9 Å². The molecule has 0 radical (unpaired) electrons. The number of hydrogen-bond donors (Lipinski definition) is 1. The van der Waals surface area contributed by atoms with Crippen molar-refractivity contribution in [2.45, 2.75) is 6.92 Å². The smallest absolute Gasteiger partial charge is 0.282 e. The third-order valence-corrected chi connectivity index (χ3v) is 2.89. The van der Waals surface area contributed by atoms with E-state index in [0.717, 1.165) is 0 Å². The molecule has 1 N–H and O–H groups in total. The highest BCUT2D eigenvalue weighted by atomic mass is 35.5. The Kier molecular flexibility index (Phi) is 3.95. The molecular formula is C13H10ClN3O3. The normalized spacial score (nSPS) is 10.1. The molecule has 7 heteroatoms. The van der Waals surface area contributed by atoms with Crippen LogP contribution in [0.2, 0.25) is 5.02 Å². The molecule has 0 saturated heterocycles. The second kappa shape index (κ2) is 5.66. The number of aryl methyl sites for hydroxylation is 1. The second-order valence-electron chi connectivity index (χ2n) is 4.01. The van der Waals surface area contributed by atoms with Crippen LogP contribution < -0.4 is 5.32 Å². The predicted octanol–water partition coefficient (Wildman–Crippen LogP) is 3.20. The molecule has 0 aliphatic heterocycles. The van der Waals surface area contributed by atoms with Crippen LogP contribution in [0, 0.1) is 17.0 Å². The fourth-order valence-electron chi connectivity index (χ4n) is 1.66. The Labute approximate surface area is 119 Å². The summed E-state index contributed by atoms with van der Waals surface area (Å²) in [5.41, 5.74) is 0.719.